The van der Waals surface area contributed by atoms with Crippen LogP contribution in [0.4, 0.5) is 4.79 Å². The minimum atomic E-state index is -0.706. The molecule has 0 heterocycles. The largest absolute Gasteiger partial charge is 0.453 e. The Bertz CT molecular complexity index is 157. The molecular formula is C10H17ClO2. The maximum atomic E-state index is 10.3. The van der Waals surface area contributed by atoms with Crippen LogP contribution in [-0.4, -0.2) is 12.0 Å². The van der Waals surface area contributed by atoms with Crippen LogP contribution >= 0.6 is 11.6 Å². The van der Waals surface area contributed by atoms with E-state index in [4.69, 9.17) is 16.3 Å². The van der Waals surface area contributed by atoms with E-state index < -0.39 is 5.43 Å². The maximum absolute atomic E-state index is 10.3. The third-order valence-corrected chi connectivity index (χ3v) is 2.14. The van der Waals surface area contributed by atoms with E-state index in [1.807, 2.05) is 6.08 Å². The molecule has 0 aliphatic heterocycles. The lowest BCUT2D eigenvalue weighted by molar-refractivity contribution is 0.147. The lowest BCUT2D eigenvalue weighted by atomic mass is 10.0. The van der Waals surface area contributed by atoms with E-state index in [2.05, 4.69) is 13.5 Å². The van der Waals surface area contributed by atoms with Gasteiger partial charge in [0.25, 0.3) is 0 Å². The molecule has 0 aromatic carbocycles. The SMILES string of the molecule is C=CCCCC(CC)COC(=O)Cl. The molecular weight excluding hydrogens is 188 g/mol. The van der Waals surface area contributed by atoms with E-state index in [1.54, 1.807) is 0 Å². The van der Waals surface area contributed by atoms with Crippen molar-refractivity contribution in [1.29, 1.82) is 0 Å². The first kappa shape index (κ1) is 12.5. The average molecular weight is 205 g/mol. The standard InChI is InChI=1S/C10H17ClO2/c1-3-5-6-7-9(4-2)8-13-10(11)12/h3,9H,1,4-8H2,2H3. The van der Waals surface area contributed by atoms with Crippen LogP contribution in [0.3, 0.4) is 0 Å². The van der Waals surface area contributed by atoms with Crippen LogP contribution in [0.5, 0.6) is 0 Å². The second kappa shape index (κ2) is 8.11. The number of carbonyl (C=O) groups is 1. The third-order valence-electron chi connectivity index (χ3n) is 2.03. The van der Waals surface area contributed by atoms with E-state index in [0.29, 0.717) is 12.5 Å². The van der Waals surface area contributed by atoms with Gasteiger partial charge in [-0.3, -0.25) is 0 Å². The third kappa shape index (κ3) is 7.85. The van der Waals surface area contributed by atoms with Crippen LogP contribution in [0.15, 0.2) is 12.7 Å². The molecule has 3 heteroatoms. The monoisotopic (exact) mass is 204 g/mol. The molecule has 0 saturated carbocycles. The van der Waals surface area contributed by atoms with Crippen molar-refractivity contribution >= 4 is 17.0 Å². The first-order valence-corrected chi connectivity index (χ1v) is 5.01. The number of carbonyl (C=O) groups excluding carboxylic acids is 1. The van der Waals surface area contributed by atoms with Gasteiger partial charge in [0.2, 0.25) is 0 Å². The van der Waals surface area contributed by atoms with E-state index in [1.165, 1.54) is 0 Å². The van der Waals surface area contributed by atoms with Crippen molar-refractivity contribution in [2.45, 2.75) is 32.6 Å². The van der Waals surface area contributed by atoms with Crippen molar-refractivity contribution in [1.82, 2.24) is 0 Å². The van der Waals surface area contributed by atoms with Crippen molar-refractivity contribution in [2.75, 3.05) is 6.61 Å². The van der Waals surface area contributed by atoms with Gasteiger partial charge in [0, 0.05) is 11.6 Å². The van der Waals surface area contributed by atoms with Gasteiger partial charge in [-0.1, -0.05) is 19.4 Å². The molecule has 76 valence electrons. The van der Waals surface area contributed by atoms with Gasteiger partial charge in [0.05, 0.1) is 6.61 Å². The Morgan fingerprint density at radius 1 is 1.69 bits per heavy atom. The summed E-state index contributed by atoms with van der Waals surface area (Å²) < 4.78 is 4.73. The molecule has 0 radical (unpaired) electrons. The van der Waals surface area contributed by atoms with Crippen molar-refractivity contribution in [3.8, 4) is 0 Å². The zero-order chi connectivity index (χ0) is 10.1. The van der Waals surface area contributed by atoms with Gasteiger partial charge in [-0.15, -0.1) is 6.58 Å². The molecule has 0 amide bonds. The molecule has 0 aromatic heterocycles. The Hall–Kier alpha value is -0.500. The molecule has 0 N–H and O–H groups in total. The van der Waals surface area contributed by atoms with Crippen molar-refractivity contribution in [3.63, 3.8) is 0 Å². The van der Waals surface area contributed by atoms with Crippen LogP contribution in [-0.2, 0) is 4.74 Å². The molecule has 0 aliphatic rings. The molecule has 1 atom stereocenters. The second-order valence-electron chi connectivity index (χ2n) is 3.04. The predicted molar refractivity (Wildman–Crippen MR) is 55.0 cm³/mol. The zero-order valence-electron chi connectivity index (χ0n) is 8.09. The van der Waals surface area contributed by atoms with Gasteiger partial charge in [-0.25, -0.2) is 4.79 Å². The molecule has 0 rings (SSSR count). The van der Waals surface area contributed by atoms with E-state index in [0.717, 1.165) is 25.7 Å². The summed E-state index contributed by atoms with van der Waals surface area (Å²) in [6.45, 7) is 6.18. The van der Waals surface area contributed by atoms with Crippen molar-refractivity contribution in [3.05, 3.63) is 12.7 Å². The second-order valence-corrected chi connectivity index (χ2v) is 3.35. The Morgan fingerprint density at radius 3 is 2.85 bits per heavy atom. The fraction of sp³-hybridized carbons (Fsp3) is 0.700. The van der Waals surface area contributed by atoms with Crippen LogP contribution in [0.25, 0.3) is 0 Å². The van der Waals surface area contributed by atoms with E-state index in [9.17, 15) is 4.79 Å². The van der Waals surface area contributed by atoms with Crippen LogP contribution < -0.4 is 0 Å². The zero-order valence-corrected chi connectivity index (χ0v) is 8.85. The highest BCUT2D eigenvalue weighted by atomic mass is 35.5. The molecule has 13 heavy (non-hydrogen) atoms. The van der Waals surface area contributed by atoms with Gasteiger partial charge in [-0.2, -0.15) is 0 Å². The number of rotatable bonds is 7. The highest BCUT2D eigenvalue weighted by Gasteiger charge is 2.07. The number of unbranched alkanes of at least 4 members (excludes halogenated alkanes) is 1. The number of hydrogen-bond donors (Lipinski definition) is 0. The fourth-order valence-corrected chi connectivity index (χ4v) is 1.20. The molecule has 2 nitrogen and oxygen atoms in total. The quantitative estimate of drug-likeness (QED) is 0.359. The smallest absolute Gasteiger partial charge is 0.403 e. The summed E-state index contributed by atoms with van der Waals surface area (Å²) in [7, 11) is 0. The highest BCUT2D eigenvalue weighted by molar-refractivity contribution is 6.61. The van der Waals surface area contributed by atoms with Crippen LogP contribution in [0.2, 0.25) is 0 Å². The van der Waals surface area contributed by atoms with Gasteiger partial charge < -0.3 is 4.74 Å². The Balaban J connectivity index is 3.50. The molecule has 0 fully saturated rings. The summed E-state index contributed by atoms with van der Waals surface area (Å²) in [6, 6.07) is 0. The van der Waals surface area contributed by atoms with Crippen molar-refractivity contribution < 1.29 is 9.53 Å². The van der Waals surface area contributed by atoms with Gasteiger partial charge in [-0.05, 0) is 25.2 Å². The predicted octanol–water partition coefficient (Wildman–Crippen LogP) is 3.74. The molecule has 0 saturated heterocycles. The molecule has 0 spiro atoms. The maximum Gasteiger partial charge on any atom is 0.403 e. The number of ether oxygens (including phenoxy) is 1. The summed E-state index contributed by atoms with van der Waals surface area (Å²) in [5, 5.41) is 0. The summed E-state index contributed by atoms with van der Waals surface area (Å²) in [5.41, 5.74) is -0.706. The van der Waals surface area contributed by atoms with Gasteiger partial charge >= 0.3 is 5.43 Å². The first-order chi connectivity index (χ1) is 6.20. The van der Waals surface area contributed by atoms with E-state index in [-0.39, 0.29) is 0 Å². The summed E-state index contributed by atoms with van der Waals surface area (Å²) in [5.74, 6) is 0.433. The average Bonchev–Trinajstić information content (AvgIpc) is 2.10. The molecule has 1 unspecified atom stereocenters. The van der Waals surface area contributed by atoms with Crippen LogP contribution in [0.1, 0.15) is 32.6 Å². The number of allylic oxidation sites excluding steroid dienone is 1. The molecule has 0 aromatic rings. The van der Waals surface area contributed by atoms with E-state index >= 15 is 0 Å². The molecule has 0 bridgehead atoms. The normalized spacial score (nSPS) is 12.2. The summed E-state index contributed by atoms with van der Waals surface area (Å²) in [6.07, 6.45) is 6.10. The fourth-order valence-electron chi connectivity index (χ4n) is 1.14. The minimum absolute atomic E-state index is 0.433. The van der Waals surface area contributed by atoms with Crippen LogP contribution in [0, 0.1) is 5.92 Å². The number of halogens is 1. The van der Waals surface area contributed by atoms with Gasteiger partial charge in [0.15, 0.2) is 0 Å². The summed E-state index contributed by atoms with van der Waals surface area (Å²) >= 11 is 5.06. The Labute approximate surface area is 84.9 Å². The van der Waals surface area contributed by atoms with Crippen molar-refractivity contribution in [2.24, 2.45) is 5.92 Å². The summed E-state index contributed by atoms with van der Waals surface area (Å²) in [4.78, 5) is 10.3. The van der Waals surface area contributed by atoms with Gasteiger partial charge in [0.1, 0.15) is 0 Å². The molecule has 0 aliphatic carbocycles. The lowest BCUT2D eigenvalue weighted by Gasteiger charge is -2.12. The highest BCUT2D eigenvalue weighted by Crippen LogP contribution is 2.13. The topological polar surface area (TPSA) is 26.3 Å². The number of hydrogen-bond acceptors (Lipinski definition) is 2. The first-order valence-electron chi connectivity index (χ1n) is 4.63. The minimum Gasteiger partial charge on any atom is -0.453 e. The lowest BCUT2D eigenvalue weighted by Crippen LogP contribution is -2.09. The Kier molecular flexibility index (Phi) is 7.80. The Morgan fingerprint density at radius 2 is 2.38 bits per heavy atom.